The number of hydrogen-bond donors (Lipinski definition) is 2. The van der Waals surface area contributed by atoms with E-state index >= 15 is 0 Å². The van der Waals surface area contributed by atoms with E-state index in [-0.39, 0.29) is 17.1 Å². The minimum absolute atomic E-state index is 0.0140. The Hall–Kier alpha value is -2.30. The third-order valence-electron chi connectivity index (χ3n) is 4.12. The van der Waals surface area contributed by atoms with E-state index in [0.717, 1.165) is 17.1 Å². The molecule has 1 aromatic heterocycles. The van der Waals surface area contributed by atoms with Crippen LogP contribution in [-0.2, 0) is 23.1 Å². The topological polar surface area (TPSA) is 100 Å². The van der Waals surface area contributed by atoms with Gasteiger partial charge in [-0.2, -0.15) is 0 Å². The van der Waals surface area contributed by atoms with Gasteiger partial charge in [0.25, 0.3) is 0 Å². The van der Waals surface area contributed by atoms with Gasteiger partial charge in [0.2, 0.25) is 5.12 Å². The van der Waals surface area contributed by atoms with Crippen molar-refractivity contribution in [1.29, 1.82) is 0 Å². The van der Waals surface area contributed by atoms with Crippen LogP contribution in [0.25, 0.3) is 5.14 Å². The zero-order valence-electron chi connectivity index (χ0n) is 18.0. The Morgan fingerprint density at radius 3 is 2.28 bits per heavy atom. The lowest BCUT2D eigenvalue weighted by atomic mass is 10.2. The molecule has 0 aliphatic heterocycles. The van der Waals surface area contributed by atoms with E-state index < -0.39 is 20.0 Å². The average Bonchev–Trinajstić information content (AvgIpc) is 3.18. The SMILES string of the molecule is C[N+](C)(C)Cc1ccccc1.[NH-]S(=O)(=O)c1cc(C(=O)S)c(NCc2ccco2)cc1Cl. The number of anilines is 1. The van der Waals surface area contributed by atoms with E-state index in [2.05, 4.69) is 69.4 Å². The molecule has 2 N–H and O–H groups in total. The second-order valence-corrected chi connectivity index (χ2v) is 10.3. The van der Waals surface area contributed by atoms with Gasteiger partial charge in [-0.05, 0) is 24.3 Å². The summed E-state index contributed by atoms with van der Waals surface area (Å²) in [5.74, 6) is 0.626. The van der Waals surface area contributed by atoms with Crippen molar-refractivity contribution in [1.82, 2.24) is 0 Å². The third kappa shape index (κ3) is 8.33. The number of carbonyl (C=O) groups is 1. The first kappa shape index (κ1) is 26.0. The number of hydrogen-bond acceptors (Lipinski definition) is 5. The largest absolute Gasteiger partial charge is 0.560 e. The maximum absolute atomic E-state index is 11.5. The van der Waals surface area contributed by atoms with Crippen LogP contribution in [0.1, 0.15) is 21.7 Å². The van der Waals surface area contributed by atoms with Crippen molar-refractivity contribution < 1.29 is 22.1 Å². The summed E-state index contributed by atoms with van der Waals surface area (Å²) >= 11 is 9.55. The number of furan rings is 1. The number of sulfonamides is 1. The first-order chi connectivity index (χ1) is 14.9. The molecule has 10 heteroatoms. The Morgan fingerprint density at radius 1 is 1.12 bits per heavy atom. The van der Waals surface area contributed by atoms with Gasteiger partial charge in [-0.1, -0.05) is 41.9 Å². The highest BCUT2D eigenvalue weighted by Crippen LogP contribution is 2.31. The molecule has 32 heavy (non-hydrogen) atoms. The van der Waals surface area contributed by atoms with Gasteiger partial charge < -0.3 is 19.4 Å². The first-order valence-corrected chi connectivity index (χ1v) is 11.8. The van der Waals surface area contributed by atoms with Crippen LogP contribution in [0.2, 0.25) is 5.02 Å². The normalized spacial score (nSPS) is 11.4. The summed E-state index contributed by atoms with van der Waals surface area (Å²) < 4.78 is 28.7. The van der Waals surface area contributed by atoms with Gasteiger partial charge >= 0.3 is 0 Å². The smallest absolute Gasteiger partial charge is 0.218 e. The summed E-state index contributed by atoms with van der Waals surface area (Å²) in [6.07, 6.45) is 1.50. The van der Waals surface area contributed by atoms with Crippen molar-refractivity contribution in [2.45, 2.75) is 18.0 Å². The molecule has 0 unspecified atom stereocenters. The summed E-state index contributed by atoms with van der Waals surface area (Å²) in [6, 6.07) is 16.3. The van der Waals surface area contributed by atoms with Crippen molar-refractivity contribution in [2.24, 2.45) is 0 Å². The highest BCUT2D eigenvalue weighted by atomic mass is 35.5. The van der Waals surface area contributed by atoms with E-state index in [9.17, 15) is 13.2 Å². The Kier molecular flexibility index (Phi) is 8.94. The van der Waals surface area contributed by atoms with Gasteiger partial charge in [0.1, 0.15) is 22.3 Å². The number of thiol groups is 1. The molecule has 0 spiro atoms. The molecule has 0 amide bonds. The lowest BCUT2D eigenvalue weighted by molar-refractivity contribution is -0.884. The zero-order chi connectivity index (χ0) is 23.9. The zero-order valence-corrected chi connectivity index (χ0v) is 20.5. The molecule has 0 aliphatic carbocycles. The second-order valence-electron chi connectivity index (χ2n) is 8.00. The van der Waals surface area contributed by atoms with E-state index in [4.69, 9.17) is 21.2 Å². The van der Waals surface area contributed by atoms with Gasteiger partial charge in [-0.25, -0.2) is 8.42 Å². The number of benzene rings is 2. The summed E-state index contributed by atoms with van der Waals surface area (Å²) in [5.41, 5.74) is 1.73. The maximum Gasteiger partial charge on any atom is 0.218 e. The molecule has 172 valence electrons. The average molecular weight is 496 g/mol. The van der Waals surface area contributed by atoms with E-state index in [0.29, 0.717) is 11.4 Å². The second kappa shape index (κ2) is 11.0. The number of carbonyl (C=O) groups excluding carboxylic acids is 1. The number of rotatable bonds is 7. The van der Waals surface area contributed by atoms with Crippen molar-refractivity contribution >= 4 is 45.1 Å². The molecule has 1 heterocycles. The summed E-state index contributed by atoms with van der Waals surface area (Å²) in [4.78, 5) is 11.1. The Bertz CT molecular complexity index is 1140. The van der Waals surface area contributed by atoms with Crippen molar-refractivity contribution in [3.63, 3.8) is 0 Å². The van der Waals surface area contributed by atoms with Crippen LogP contribution >= 0.6 is 24.2 Å². The third-order valence-corrected chi connectivity index (χ3v) is 5.71. The van der Waals surface area contributed by atoms with Gasteiger partial charge in [-0.3, -0.25) is 4.79 Å². The quantitative estimate of drug-likeness (QED) is 0.344. The fraction of sp³-hybridized carbons (Fsp3) is 0.227. The molecular weight excluding hydrogens is 470 g/mol. The van der Waals surface area contributed by atoms with Crippen molar-refractivity contribution in [2.75, 3.05) is 26.5 Å². The molecule has 3 rings (SSSR count). The Balaban J connectivity index is 0.000000278. The highest BCUT2D eigenvalue weighted by Gasteiger charge is 2.16. The van der Waals surface area contributed by atoms with Crippen molar-refractivity contribution in [3.05, 3.63) is 87.9 Å². The van der Waals surface area contributed by atoms with Gasteiger partial charge in [0.05, 0.1) is 49.4 Å². The lowest BCUT2D eigenvalue weighted by Gasteiger charge is -2.23. The standard InChI is InChI=1S/C12H11ClN2O4S2.C10H16N/c13-9-5-10(15-6-7-2-1-3-19-7)8(12(16)20)4-11(9)21(14,17)18;1-11(2,3)9-10-7-5-4-6-8-10/h1-5H,6H2,(H4,14,15,16,17,18,20);4-8H,9H2,1-3H3/q;+1/p-1. The van der Waals surface area contributed by atoms with Crippen LogP contribution in [0, 0.1) is 0 Å². The van der Waals surface area contributed by atoms with E-state index in [1.165, 1.54) is 17.9 Å². The lowest BCUT2D eigenvalue weighted by Crippen LogP contribution is -2.33. The molecule has 0 aliphatic rings. The molecule has 0 fully saturated rings. The summed E-state index contributed by atoms with van der Waals surface area (Å²) in [7, 11) is 2.33. The highest BCUT2D eigenvalue weighted by molar-refractivity contribution is 7.97. The van der Waals surface area contributed by atoms with Crippen molar-refractivity contribution in [3.8, 4) is 0 Å². The molecule has 3 aromatic rings. The summed E-state index contributed by atoms with van der Waals surface area (Å²) in [6.45, 7) is 1.38. The number of halogens is 1. The molecule has 0 bridgehead atoms. The van der Waals surface area contributed by atoms with E-state index in [1.807, 2.05) is 0 Å². The Labute approximate surface area is 199 Å². The van der Waals surface area contributed by atoms with Crippen LogP contribution in [0.3, 0.4) is 0 Å². The molecule has 2 aromatic carbocycles. The van der Waals surface area contributed by atoms with Gasteiger partial charge in [0, 0.05) is 11.3 Å². The number of nitrogens with zero attached hydrogens (tertiary/aromatic N) is 1. The minimum Gasteiger partial charge on any atom is -0.560 e. The molecule has 7 nitrogen and oxygen atoms in total. The molecule has 0 atom stereocenters. The van der Waals surface area contributed by atoms with Crippen LogP contribution in [0.4, 0.5) is 5.69 Å². The van der Waals surface area contributed by atoms with Gasteiger partial charge in [-0.15, -0.1) is 12.6 Å². The predicted octanol–water partition coefficient (Wildman–Crippen LogP) is 5.25. The molecule has 0 radical (unpaired) electrons. The van der Waals surface area contributed by atoms with Crippen LogP contribution in [-0.4, -0.2) is 39.2 Å². The fourth-order valence-electron chi connectivity index (χ4n) is 2.81. The fourth-order valence-corrected chi connectivity index (χ4v) is 4.05. The first-order valence-electron chi connectivity index (χ1n) is 9.54. The predicted molar refractivity (Wildman–Crippen MR) is 130 cm³/mol. The van der Waals surface area contributed by atoms with Gasteiger partial charge in [0.15, 0.2) is 0 Å². The number of nitrogens with one attached hydrogen (secondary N) is 2. The van der Waals surface area contributed by atoms with Crippen LogP contribution in [0.15, 0.2) is 70.2 Å². The van der Waals surface area contributed by atoms with Crippen LogP contribution < -0.4 is 5.32 Å². The van der Waals surface area contributed by atoms with E-state index in [1.54, 1.807) is 12.1 Å². The summed E-state index contributed by atoms with van der Waals surface area (Å²) in [5, 5.41) is 9.18. The minimum atomic E-state index is -4.28. The molecule has 0 saturated heterocycles. The van der Waals surface area contributed by atoms with Crippen LogP contribution in [0.5, 0.6) is 0 Å². The number of quaternary nitrogens is 1. The molecule has 0 saturated carbocycles. The Morgan fingerprint density at radius 2 is 1.78 bits per heavy atom. The molecular formula is C22H26ClN3O4S2. The monoisotopic (exact) mass is 495 g/mol. The maximum atomic E-state index is 11.5.